The average Bonchev–Trinajstić information content (AvgIpc) is 2.53. The van der Waals surface area contributed by atoms with Gasteiger partial charge in [-0.2, -0.15) is 0 Å². The maximum Gasteiger partial charge on any atom is 0.111 e. The Labute approximate surface area is 143 Å². The van der Waals surface area contributed by atoms with Crippen LogP contribution < -0.4 is 0 Å². The molecular weight excluding hydrogens is 284 g/mol. The van der Waals surface area contributed by atoms with Gasteiger partial charge in [-0.25, -0.2) is 0 Å². The molecule has 4 atom stereocenters. The van der Waals surface area contributed by atoms with Crippen LogP contribution in [0.5, 0.6) is 0 Å². The van der Waals surface area contributed by atoms with E-state index in [1.165, 1.54) is 30.4 Å². The fourth-order valence-corrected chi connectivity index (χ4v) is 4.30. The molecule has 0 bridgehead atoms. The van der Waals surface area contributed by atoms with Gasteiger partial charge in [0.25, 0.3) is 0 Å². The molecule has 1 fully saturated rings. The number of rotatable bonds is 6. The summed E-state index contributed by atoms with van der Waals surface area (Å²) in [5, 5.41) is 10.3. The summed E-state index contributed by atoms with van der Waals surface area (Å²) in [6.45, 7) is 13.3. The highest BCUT2D eigenvalue weighted by atomic mass is 16.5. The number of ether oxygens (including phenoxy) is 1. The van der Waals surface area contributed by atoms with Gasteiger partial charge in [-0.1, -0.05) is 40.0 Å². The van der Waals surface area contributed by atoms with Crippen molar-refractivity contribution >= 4 is 0 Å². The van der Waals surface area contributed by atoms with Gasteiger partial charge in [-0.3, -0.25) is 0 Å². The largest absolute Gasteiger partial charge is 0.385 e. The molecule has 0 aromatic heterocycles. The van der Waals surface area contributed by atoms with Gasteiger partial charge in [0.05, 0.1) is 11.7 Å². The number of hydrogen-bond donors (Lipinski definition) is 1. The molecule has 0 aromatic carbocycles. The van der Waals surface area contributed by atoms with E-state index in [1.807, 2.05) is 13.0 Å². The third-order valence-electron chi connectivity index (χ3n) is 6.46. The molecule has 0 aromatic rings. The quantitative estimate of drug-likeness (QED) is 0.649. The predicted octanol–water partition coefficient (Wildman–Crippen LogP) is 5.56. The minimum absolute atomic E-state index is 0.0371. The SMILES string of the molecule is CCC(C)CCCC1(C)CCC2=CC(O)C(C)=C(C)C2(CC)O1. The van der Waals surface area contributed by atoms with E-state index in [-0.39, 0.29) is 11.2 Å². The summed E-state index contributed by atoms with van der Waals surface area (Å²) in [6.07, 6.45) is 9.64. The molecule has 2 heteroatoms. The van der Waals surface area contributed by atoms with Gasteiger partial charge >= 0.3 is 0 Å². The molecule has 2 aliphatic rings. The number of hydrogen-bond acceptors (Lipinski definition) is 2. The lowest BCUT2D eigenvalue weighted by atomic mass is 9.70. The van der Waals surface area contributed by atoms with Gasteiger partial charge in [0.15, 0.2) is 0 Å². The Morgan fingerprint density at radius 3 is 2.65 bits per heavy atom. The first-order chi connectivity index (χ1) is 10.8. The third kappa shape index (κ3) is 3.58. The molecule has 2 nitrogen and oxygen atoms in total. The Morgan fingerprint density at radius 1 is 1.35 bits per heavy atom. The van der Waals surface area contributed by atoms with E-state index in [1.54, 1.807) is 0 Å². The average molecular weight is 321 g/mol. The lowest BCUT2D eigenvalue weighted by Crippen LogP contribution is -2.51. The van der Waals surface area contributed by atoms with Gasteiger partial charge < -0.3 is 9.84 Å². The van der Waals surface area contributed by atoms with Crippen molar-refractivity contribution < 1.29 is 9.84 Å². The standard InChI is InChI=1S/C21H36O2/c1-7-15(3)10-9-12-20(6)13-11-18-14-19(22)16(4)17(5)21(18,8-2)23-20/h14-15,19,22H,7-13H2,1-6H3. The van der Waals surface area contributed by atoms with Crippen molar-refractivity contribution in [1.29, 1.82) is 0 Å². The van der Waals surface area contributed by atoms with Crippen LogP contribution >= 0.6 is 0 Å². The Bertz CT molecular complexity index is 490. The zero-order valence-electron chi connectivity index (χ0n) is 16.0. The number of aliphatic hydroxyl groups is 1. The third-order valence-corrected chi connectivity index (χ3v) is 6.46. The van der Waals surface area contributed by atoms with Crippen molar-refractivity contribution in [1.82, 2.24) is 0 Å². The van der Waals surface area contributed by atoms with Crippen molar-refractivity contribution in [3.8, 4) is 0 Å². The van der Waals surface area contributed by atoms with Gasteiger partial charge in [-0.15, -0.1) is 0 Å². The van der Waals surface area contributed by atoms with Crippen molar-refractivity contribution in [2.24, 2.45) is 5.92 Å². The van der Waals surface area contributed by atoms with Crippen LogP contribution in [0.15, 0.2) is 22.8 Å². The highest BCUT2D eigenvalue weighted by molar-refractivity contribution is 5.44. The van der Waals surface area contributed by atoms with E-state index in [9.17, 15) is 5.11 Å². The molecule has 0 amide bonds. The number of aliphatic hydroxyl groups excluding tert-OH is 1. The first-order valence-corrected chi connectivity index (χ1v) is 9.55. The van der Waals surface area contributed by atoms with Crippen molar-refractivity contribution in [3.63, 3.8) is 0 Å². The first-order valence-electron chi connectivity index (χ1n) is 9.55. The van der Waals surface area contributed by atoms with E-state index in [2.05, 4.69) is 34.6 Å². The molecule has 2 rings (SSSR count). The normalized spacial score (nSPS) is 35.8. The van der Waals surface area contributed by atoms with Crippen LogP contribution in [-0.4, -0.2) is 22.4 Å². The Morgan fingerprint density at radius 2 is 2.04 bits per heavy atom. The summed E-state index contributed by atoms with van der Waals surface area (Å²) in [4.78, 5) is 0. The summed E-state index contributed by atoms with van der Waals surface area (Å²) in [6, 6.07) is 0. The van der Waals surface area contributed by atoms with Gasteiger partial charge in [0.2, 0.25) is 0 Å². The van der Waals surface area contributed by atoms with Crippen LogP contribution in [0.3, 0.4) is 0 Å². The molecule has 23 heavy (non-hydrogen) atoms. The monoisotopic (exact) mass is 320 g/mol. The fourth-order valence-electron chi connectivity index (χ4n) is 4.30. The maximum absolute atomic E-state index is 10.3. The smallest absolute Gasteiger partial charge is 0.111 e. The second kappa shape index (κ2) is 7.11. The van der Waals surface area contributed by atoms with E-state index < -0.39 is 6.10 Å². The Kier molecular flexibility index (Phi) is 5.79. The van der Waals surface area contributed by atoms with Gasteiger partial charge in [0.1, 0.15) is 5.60 Å². The number of fused-ring (bicyclic) bond motifs is 1. The summed E-state index contributed by atoms with van der Waals surface area (Å²) in [7, 11) is 0. The molecule has 0 spiro atoms. The Hall–Kier alpha value is -0.600. The maximum atomic E-state index is 10.3. The molecule has 0 saturated carbocycles. The second-order valence-electron chi connectivity index (χ2n) is 8.08. The molecule has 1 heterocycles. The molecule has 4 unspecified atom stereocenters. The van der Waals surface area contributed by atoms with Crippen LogP contribution in [0, 0.1) is 5.92 Å². The molecule has 1 N–H and O–H groups in total. The van der Waals surface area contributed by atoms with Crippen LogP contribution in [0.1, 0.15) is 86.5 Å². The lowest BCUT2D eigenvalue weighted by molar-refractivity contribution is -0.144. The van der Waals surface area contributed by atoms with E-state index >= 15 is 0 Å². The summed E-state index contributed by atoms with van der Waals surface area (Å²) < 4.78 is 6.82. The first kappa shape index (κ1) is 18.7. The summed E-state index contributed by atoms with van der Waals surface area (Å²) >= 11 is 0. The minimum Gasteiger partial charge on any atom is -0.385 e. The predicted molar refractivity (Wildman–Crippen MR) is 97.5 cm³/mol. The van der Waals surface area contributed by atoms with Crippen molar-refractivity contribution in [2.45, 2.75) is 104 Å². The van der Waals surface area contributed by atoms with Crippen LogP contribution in [0.25, 0.3) is 0 Å². The highest BCUT2D eigenvalue weighted by Crippen LogP contribution is 2.50. The van der Waals surface area contributed by atoms with Gasteiger partial charge in [0, 0.05) is 0 Å². The van der Waals surface area contributed by atoms with Gasteiger partial charge in [-0.05, 0) is 75.2 Å². The molecule has 1 aliphatic heterocycles. The summed E-state index contributed by atoms with van der Waals surface area (Å²) in [5.41, 5.74) is 3.30. The fraction of sp³-hybridized carbons (Fsp3) is 0.810. The van der Waals surface area contributed by atoms with Crippen LogP contribution in [-0.2, 0) is 4.74 Å². The molecule has 1 aliphatic carbocycles. The lowest BCUT2D eigenvalue weighted by Gasteiger charge is -2.51. The van der Waals surface area contributed by atoms with Crippen molar-refractivity contribution in [2.75, 3.05) is 0 Å². The second-order valence-corrected chi connectivity index (χ2v) is 8.08. The Balaban J connectivity index is 2.16. The highest BCUT2D eigenvalue weighted by Gasteiger charge is 2.48. The van der Waals surface area contributed by atoms with Crippen molar-refractivity contribution in [3.05, 3.63) is 22.8 Å². The molecule has 0 radical (unpaired) electrons. The molecular formula is C21H36O2. The summed E-state index contributed by atoms with van der Waals surface area (Å²) in [5.74, 6) is 0.812. The van der Waals surface area contributed by atoms with Crippen LogP contribution in [0.4, 0.5) is 0 Å². The zero-order chi connectivity index (χ0) is 17.3. The van der Waals surface area contributed by atoms with E-state index in [4.69, 9.17) is 4.74 Å². The van der Waals surface area contributed by atoms with Crippen LogP contribution in [0.2, 0.25) is 0 Å². The molecule has 1 saturated heterocycles. The minimum atomic E-state index is -0.428. The van der Waals surface area contributed by atoms with E-state index in [0.29, 0.717) is 0 Å². The molecule has 132 valence electrons. The van der Waals surface area contributed by atoms with E-state index in [0.717, 1.165) is 37.2 Å². The topological polar surface area (TPSA) is 29.5 Å². The zero-order valence-corrected chi connectivity index (χ0v) is 16.0.